The number of hydrogen-bond acceptors (Lipinski definition) is 6. The molecule has 6 nitrogen and oxygen atoms in total. The van der Waals surface area contributed by atoms with Crippen molar-refractivity contribution in [2.45, 2.75) is 0 Å². The number of rotatable bonds is 1. The van der Waals surface area contributed by atoms with E-state index in [1.807, 2.05) is 11.9 Å². The quantitative estimate of drug-likeness (QED) is 0.453. The van der Waals surface area contributed by atoms with Crippen LogP contribution >= 0.6 is 0 Å². The normalized spacial score (nSPS) is 13.9. The van der Waals surface area contributed by atoms with Crippen molar-refractivity contribution in [3.63, 3.8) is 0 Å². The molecule has 3 N–H and O–H groups in total. The van der Waals surface area contributed by atoms with E-state index in [1.165, 1.54) is 11.3 Å². The van der Waals surface area contributed by atoms with Gasteiger partial charge in [-0.15, -0.1) is 0 Å². The summed E-state index contributed by atoms with van der Waals surface area (Å²) in [6.45, 7) is 0.745. The highest BCUT2D eigenvalue weighted by molar-refractivity contribution is 5.81. The Kier molecular flexibility index (Phi) is 1.70. The number of fused-ring (bicyclic) bond motifs is 1. The molecule has 0 bridgehead atoms. The summed E-state index contributed by atoms with van der Waals surface area (Å²) in [4.78, 5) is 10.2. The molecule has 1 aliphatic rings. The van der Waals surface area contributed by atoms with Gasteiger partial charge >= 0.3 is 0 Å². The van der Waals surface area contributed by atoms with Crippen LogP contribution in [0.25, 0.3) is 0 Å². The average molecular weight is 180 g/mol. The van der Waals surface area contributed by atoms with Crippen LogP contribution in [0.2, 0.25) is 0 Å². The summed E-state index contributed by atoms with van der Waals surface area (Å²) in [6.07, 6.45) is 1.51. The lowest BCUT2D eigenvalue weighted by molar-refractivity contribution is 0.963. The minimum atomic E-state index is 0.717. The van der Waals surface area contributed by atoms with Crippen molar-refractivity contribution in [3.8, 4) is 0 Å². The van der Waals surface area contributed by atoms with Crippen molar-refractivity contribution in [2.24, 2.45) is 5.84 Å². The summed E-state index contributed by atoms with van der Waals surface area (Å²) < 4.78 is 0. The van der Waals surface area contributed by atoms with Crippen LogP contribution in [0.15, 0.2) is 6.33 Å². The molecule has 0 saturated heterocycles. The van der Waals surface area contributed by atoms with Crippen LogP contribution in [0.5, 0.6) is 0 Å². The van der Waals surface area contributed by atoms with Crippen LogP contribution in [-0.2, 0) is 0 Å². The standard InChI is InChI=1S/C7H12N6/c1-12-4-11-5-6(12)9-3-10-7(5)13(2)8/h3,11H,4,8H2,1-2H3. The Morgan fingerprint density at radius 1 is 1.62 bits per heavy atom. The van der Waals surface area contributed by atoms with Crippen molar-refractivity contribution in [1.29, 1.82) is 0 Å². The Morgan fingerprint density at radius 3 is 3.08 bits per heavy atom. The molecule has 0 aromatic carbocycles. The number of anilines is 3. The van der Waals surface area contributed by atoms with E-state index >= 15 is 0 Å². The monoisotopic (exact) mass is 180 g/mol. The summed E-state index contributed by atoms with van der Waals surface area (Å²) >= 11 is 0. The number of nitrogens with one attached hydrogen (secondary N) is 1. The van der Waals surface area contributed by atoms with Crippen molar-refractivity contribution < 1.29 is 0 Å². The number of hydrogen-bond donors (Lipinski definition) is 2. The number of nitrogens with zero attached hydrogens (tertiary/aromatic N) is 4. The molecule has 0 spiro atoms. The first-order valence-electron chi connectivity index (χ1n) is 3.98. The molecular formula is C7H12N6. The SMILES string of the molecule is CN(N)c1ncnc2c1NCN2C. The molecule has 1 aromatic heterocycles. The van der Waals surface area contributed by atoms with Gasteiger partial charge in [0.2, 0.25) is 0 Å². The van der Waals surface area contributed by atoms with E-state index in [1.54, 1.807) is 7.05 Å². The molecule has 70 valence electrons. The molecule has 0 fully saturated rings. The zero-order valence-electron chi connectivity index (χ0n) is 7.65. The Labute approximate surface area is 76.3 Å². The second kappa shape index (κ2) is 2.74. The Bertz CT molecular complexity index is 323. The molecule has 0 saturated carbocycles. The predicted molar refractivity (Wildman–Crippen MR) is 51.5 cm³/mol. The Balaban J connectivity index is 2.51. The molecule has 0 amide bonds. The van der Waals surface area contributed by atoms with E-state index in [-0.39, 0.29) is 0 Å². The van der Waals surface area contributed by atoms with E-state index in [9.17, 15) is 0 Å². The molecule has 1 aliphatic heterocycles. The molecular weight excluding hydrogens is 168 g/mol. The van der Waals surface area contributed by atoms with Crippen LogP contribution < -0.4 is 21.1 Å². The van der Waals surface area contributed by atoms with Crippen LogP contribution in [0.3, 0.4) is 0 Å². The van der Waals surface area contributed by atoms with Gasteiger partial charge in [-0.2, -0.15) is 0 Å². The molecule has 0 radical (unpaired) electrons. The van der Waals surface area contributed by atoms with Gasteiger partial charge in [0.1, 0.15) is 12.0 Å². The maximum atomic E-state index is 5.62. The van der Waals surface area contributed by atoms with E-state index in [0.29, 0.717) is 5.82 Å². The molecule has 2 rings (SSSR count). The summed E-state index contributed by atoms with van der Waals surface area (Å²) in [7, 11) is 3.72. The fourth-order valence-corrected chi connectivity index (χ4v) is 1.35. The Morgan fingerprint density at radius 2 is 2.38 bits per heavy atom. The van der Waals surface area contributed by atoms with E-state index in [2.05, 4.69) is 15.3 Å². The molecule has 0 atom stereocenters. The molecule has 2 heterocycles. The van der Waals surface area contributed by atoms with Gasteiger partial charge in [-0.3, -0.25) is 5.01 Å². The minimum Gasteiger partial charge on any atom is -0.362 e. The topological polar surface area (TPSA) is 70.3 Å². The molecule has 0 aliphatic carbocycles. The van der Waals surface area contributed by atoms with Crippen molar-refractivity contribution in [1.82, 2.24) is 9.97 Å². The predicted octanol–water partition coefficient (Wildman–Crippen LogP) is -0.394. The lowest BCUT2D eigenvalue weighted by Crippen LogP contribution is -2.26. The lowest BCUT2D eigenvalue weighted by Gasteiger charge is -2.13. The first-order chi connectivity index (χ1) is 6.20. The van der Waals surface area contributed by atoms with Gasteiger partial charge in [-0.05, 0) is 0 Å². The van der Waals surface area contributed by atoms with Crippen LogP contribution in [0.4, 0.5) is 17.3 Å². The first kappa shape index (κ1) is 8.06. The lowest BCUT2D eigenvalue weighted by atomic mass is 10.4. The average Bonchev–Trinajstić information content (AvgIpc) is 2.48. The fourth-order valence-electron chi connectivity index (χ4n) is 1.35. The van der Waals surface area contributed by atoms with Gasteiger partial charge in [-0.25, -0.2) is 15.8 Å². The summed E-state index contributed by atoms with van der Waals surface area (Å²) in [6, 6.07) is 0. The fraction of sp³-hybridized carbons (Fsp3) is 0.429. The largest absolute Gasteiger partial charge is 0.362 e. The number of nitrogens with two attached hydrogens (primary N) is 1. The first-order valence-corrected chi connectivity index (χ1v) is 3.98. The number of hydrazine groups is 1. The maximum Gasteiger partial charge on any atom is 0.171 e. The van der Waals surface area contributed by atoms with Crippen LogP contribution in [-0.4, -0.2) is 30.7 Å². The van der Waals surface area contributed by atoms with Crippen LogP contribution in [0, 0.1) is 0 Å². The van der Waals surface area contributed by atoms with Gasteiger partial charge in [-0.1, -0.05) is 0 Å². The number of aromatic nitrogens is 2. The molecule has 13 heavy (non-hydrogen) atoms. The summed E-state index contributed by atoms with van der Waals surface area (Å²) in [5.41, 5.74) is 0.898. The van der Waals surface area contributed by atoms with Crippen molar-refractivity contribution in [2.75, 3.05) is 36.0 Å². The minimum absolute atomic E-state index is 0.717. The molecule has 0 unspecified atom stereocenters. The zero-order valence-corrected chi connectivity index (χ0v) is 7.65. The van der Waals surface area contributed by atoms with Gasteiger partial charge in [0.25, 0.3) is 0 Å². The third-order valence-corrected chi connectivity index (χ3v) is 2.00. The van der Waals surface area contributed by atoms with E-state index < -0.39 is 0 Å². The van der Waals surface area contributed by atoms with E-state index in [4.69, 9.17) is 5.84 Å². The highest BCUT2D eigenvalue weighted by atomic mass is 15.4. The summed E-state index contributed by atoms with van der Waals surface area (Å²) in [5, 5.41) is 4.66. The van der Waals surface area contributed by atoms with Crippen molar-refractivity contribution >= 4 is 17.3 Å². The maximum absolute atomic E-state index is 5.62. The second-order valence-electron chi connectivity index (χ2n) is 3.04. The van der Waals surface area contributed by atoms with E-state index in [0.717, 1.165) is 18.2 Å². The third-order valence-electron chi connectivity index (χ3n) is 2.00. The highest BCUT2D eigenvalue weighted by Gasteiger charge is 2.21. The third kappa shape index (κ3) is 1.15. The van der Waals surface area contributed by atoms with Gasteiger partial charge in [0.05, 0.1) is 6.67 Å². The molecule has 6 heteroatoms. The van der Waals surface area contributed by atoms with Gasteiger partial charge in [0.15, 0.2) is 11.6 Å². The summed E-state index contributed by atoms with van der Waals surface area (Å²) in [5.74, 6) is 7.22. The highest BCUT2D eigenvalue weighted by Crippen LogP contribution is 2.33. The van der Waals surface area contributed by atoms with Gasteiger partial charge < -0.3 is 10.2 Å². The Hall–Kier alpha value is -1.56. The van der Waals surface area contributed by atoms with Crippen molar-refractivity contribution in [3.05, 3.63) is 6.33 Å². The van der Waals surface area contributed by atoms with Crippen LogP contribution in [0.1, 0.15) is 0 Å². The smallest absolute Gasteiger partial charge is 0.171 e. The second-order valence-corrected chi connectivity index (χ2v) is 3.04. The van der Waals surface area contributed by atoms with Gasteiger partial charge in [0, 0.05) is 14.1 Å². The molecule has 1 aromatic rings. The zero-order chi connectivity index (χ0) is 9.42.